The van der Waals surface area contributed by atoms with Gasteiger partial charge >= 0.3 is 0 Å². The van der Waals surface area contributed by atoms with Crippen LogP contribution in [0.2, 0.25) is 0 Å². The molecular formula is C14H23NOS. The van der Waals surface area contributed by atoms with Crippen LogP contribution in [0.1, 0.15) is 27.2 Å². The van der Waals surface area contributed by atoms with Gasteiger partial charge in [0.15, 0.2) is 0 Å². The van der Waals surface area contributed by atoms with Crippen molar-refractivity contribution in [3.05, 3.63) is 24.3 Å². The number of hydrogen-bond donors (Lipinski definition) is 1. The number of thioether (sulfide) groups is 1. The van der Waals surface area contributed by atoms with Crippen molar-refractivity contribution in [1.29, 1.82) is 0 Å². The average Bonchev–Trinajstić information content (AvgIpc) is 2.36. The highest BCUT2D eigenvalue weighted by atomic mass is 32.2. The third-order valence-electron chi connectivity index (χ3n) is 2.76. The number of benzene rings is 1. The summed E-state index contributed by atoms with van der Waals surface area (Å²) in [6, 6.07) is 8.86. The molecule has 0 radical (unpaired) electrons. The predicted molar refractivity (Wildman–Crippen MR) is 76.1 cm³/mol. The van der Waals surface area contributed by atoms with Gasteiger partial charge in [-0.1, -0.05) is 13.8 Å². The Hall–Kier alpha value is -0.670. The zero-order valence-corrected chi connectivity index (χ0v) is 12.0. The normalized spacial score (nSPS) is 14.4. The van der Waals surface area contributed by atoms with Crippen LogP contribution in [0.3, 0.4) is 0 Å². The first-order valence-electron chi connectivity index (χ1n) is 6.19. The third-order valence-corrected chi connectivity index (χ3v) is 3.88. The SMILES string of the molecule is CCC(C)NCC(C)Sc1ccc(OC)cc1. The number of ether oxygens (including phenoxy) is 1. The second-order valence-electron chi connectivity index (χ2n) is 4.32. The summed E-state index contributed by atoms with van der Waals surface area (Å²) in [6.45, 7) is 7.74. The quantitative estimate of drug-likeness (QED) is 0.751. The van der Waals surface area contributed by atoms with Crippen LogP contribution in [-0.4, -0.2) is 24.9 Å². The van der Waals surface area contributed by atoms with Crippen molar-refractivity contribution >= 4 is 11.8 Å². The van der Waals surface area contributed by atoms with E-state index in [1.54, 1.807) is 7.11 Å². The standard InChI is InChI=1S/C14H23NOS/c1-5-11(2)15-10-12(3)17-14-8-6-13(16-4)7-9-14/h6-9,11-12,15H,5,10H2,1-4H3. The minimum absolute atomic E-state index is 0.581. The molecular weight excluding hydrogens is 230 g/mol. The van der Waals surface area contributed by atoms with Gasteiger partial charge in [0.2, 0.25) is 0 Å². The molecule has 2 atom stereocenters. The summed E-state index contributed by atoms with van der Waals surface area (Å²) in [5.74, 6) is 0.916. The summed E-state index contributed by atoms with van der Waals surface area (Å²) in [5.41, 5.74) is 0. The Balaban J connectivity index is 2.36. The fourth-order valence-electron chi connectivity index (χ4n) is 1.44. The fraction of sp³-hybridized carbons (Fsp3) is 0.571. The van der Waals surface area contributed by atoms with E-state index in [4.69, 9.17) is 4.74 Å². The van der Waals surface area contributed by atoms with Gasteiger partial charge in [-0.15, -0.1) is 11.8 Å². The third kappa shape index (κ3) is 5.46. The number of nitrogens with one attached hydrogen (secondary N) is 1. The number of rotatable bonds is 7. The molecule has 96 valence electrons. The van der Waals surface area contributed by atoms with Gasteiger partial charge in [-0.2, -0.15) is 0 Å². The first-order chi connectivity index (χ1) is 8.15. The molecule has 0 aliphatic heterocycles. The van der Waals surface area contributed by atoms with E-state index in [0.717, 1.165) is 12.3 Å². The van der Waals surface area contributed by atoms with E-state index in [9.17, 15) is 0 Å². The Morgan fingerprint density at radius 1 is 1.24 bits per heavy atom. The fourth-order valence-corrected chi connectivity index (χ4v) is 2.38. The molecule has 0 heterocycles. The van der Waals surface area contributed by atoms with Gasteiger partial charge in [0.25, 0.3) is 0 Å². The molecule has 2 unspecified atom stereocenters. The highest BCUT2D eigenvalue weighted by Gasteiger charge is 2.06. The topological polar surface area (TPSA) is 21.3 Å². The highest BCUT2D eigenvalue weighted by molar-refractivity contribution is 8.00. The molecule has 1 aromatic carbocycles. The highest BCUT2D eigenvalue weighted by Crippen LogP contribution is 2.24. The predicted octanol–water partition coefficient (Wildman–Crippen LogP) is 3.56. The molecule has 17 heavy (non-hydrogen) atoms. The average molecular weight is 253 g/mol. The number of methoxy groups -OCH3 is 1. The Labute approximate surface area is 109 Å². The molecule has 1 rings (SSSR count). The van der Waals surface area contributed by atoms with Gasteiger partial charge in [-0.05, 0) is 37.6 Å². The maximum atomic E-state index is 5.15. The molecule has 0 aliphatic rings. The molecule has 0 saturated carbocycles. The Bertz CT molecular complexity index is 313. The summed E-state index contributed by atoms with van der Waals surface area (Å²) in [5, 5.41) is 4.11. The van der Waals surface area contributed by atoms with Crippen molar-refractivity contribution in [2.45, 2.75) is 43.4 Å². The minimum Gasteiger partial charge on any atom is -0.497 e. The summed E-state index contributed by atoms with van der Waals surface area (Å²) in [6.07, 6.45) is 1.18. The van der Waals surface area contributed by atoms with Crippen molar-refractivity contribution in [2.75, 3.05) is 13.7 Å². The van der Waals surface area contributed by atoms with Crippen LogP contribution in [0.15, 0.2) is 29.2 Å². The molecule has 2 nitrogen and oxygen atoms in total. The Morgan fingerprint density at radius 3 is 2.41 bits per heavy atom. The van der Waals surface area contributed by atoms with Gasteiger partial charge in [0.1, 0.15) is 5.75 Å². The molecule has 0 amide bonds. The lowest BCUT2D eigenvalue weighted by Gasteiger charge is -2.16. The van der Waals surface area contributed by atoms with E-state index in [1.165, 1.54) is 11.3 Å². The van der Waals surface area contributed by atoms with E-state index < -0.39 is 0 Å². The second kappa shape index (κ2) is 7.62. The maximum Gasteiger partial charge on any atom is 0.118 e. The zero-order chi connectivity index (χ0) is 12.7. The van der Waals surface area contributed by atoms with Crippen molar-refractivity contribution in [3.63, 3.8) is 0 Å². The van der Waals surface area contributed by atoms with Crippen LogP contribution in [0.25, 0.3) is 0 Å². The minimum atomic E-state index is 0.581. The summed E-state index contributed by atoms with van der Waals surface area (Å²) < 4.78 is 5.15. The van der Waals surface area contributed by atoms with E-state index in [-0.39, 0.29) is 0 Å². The molecule has 0 fully saturated rings. The Kier molecular flexibility index (Phi) is 6.45. The second-order valence-corrected chi connectivity index (χ2v) is 5.83. The van der Waals surface area contributed by atoms with Gasteiger partial charge in [0, 0.05) is 22.7 Å². The summed E-state index contributed by atoms with van der Waals surface area (Å²) >= 11 is 1.90. The van der Waals surface area contributed by atoms with E-state index in [0.29, 0.717) is 11.3 Å². The van der Waals surface area contributed by atoms with Crippen LogP contribution >= 0.6 is 11.8 Å². The van der Waals surface area contributed by atoms with Gasteiger partial charge in [0.05, 0.1) is 7.11 Å². The lowest BCUT2D eigenvalue weighted by molar-refractivity contribution is 0.414. The molecule has 0 saturated heterocycles. The van der Waals surface area contributed by atoms with Crippen molar-refractivity contribution in [1.82, 2.24) is 5.32 Å². The van der Waals surface area contributed by atoms with Gasteiger partial charge in [-0.25, -0.2) is 0 Å². The van der Waals surface area contributed by atoms with Crippen molar-refractivity contribution in [3.8, 4) is 5.75 Å². The van der Waals surface area contributed by atoms with Gasteiger partial charge < -0.3 is 10.1 Å². The van der Waals surface area contributed by atoms with Crippen molar-refractivity contribution in [2.24, 2.45) is 0 Å². The van der Waals surface area contributed by atoms with E-state index in [2.05, 4.69) is 38.2 Å². The Morgan fingerprint density at radius 2 is 1.88 bits per heavy atom. The van der Waals surface area contributed by atoms with Crippen LogP contribution in [0, 0.1) is 0 Å². The maximum absolute atomic E-state index is 5.15. The molecule has 0 spiro atoms. The molecule has 0 aliphatic carbocycles. The van der Waals surface area contributed by atoms with E-state index >= 15 is 0 Å². The lowest BCUT2D eigenvalue weighted by Crippen LogP contribution is -2.30. The summed E-state index contributed by atoms with van der Waals surface area (Å²) in [4.78, 5) is 1.30. The summed E-state index contributed by atoms with van der Waals surface area (Å²) in [7, 11) is 1.70. The molecule has 0 bridgehead atoms. The van der Waals surface area contributed by atoms with Crippen LogP contribution in [-0.2, 0) is 0 Å². The first-order valence-corrected chi connectivity index (χ1v) is 7.07. The smallest absolute Gasteiger partial charge is 0.118 e. The zero-order valence-electron chi connectivity index (χ0n) is 11.2. The van der Waals surface area contributed by atoms with Gasteiger partial charge in [-0.3, -0.25) is 0 Å². The lowest BCUT2D eigenvalue weighted by atomic mass is 10.2. The van der Waals surface area contributed by atoms with Crippen LogP contribution in [0.5, 0.6) is 5.75 Å². The first kappa shape index (κ1) is 14.4. The number of hydrogen-bond acceptors (Lipinski definition) is 3. The van der Waals surface area contributed by atoms with Crippen molar-refractivity contribution < 1.29 is 4.74 Å². The molecule has 3 heteroatoms. The van der Waals surface area contributed by atoms with Crippen LogP contribution in [0.4, 0.5) is 0 Å². The molecule has 1 N–H and O–H groups in total. The monoisotopic (exact) mass is 253 g/mol. The molecule has 0 aromatic heterocycles. The van der Waals surface area contributed by atoms with E-state index in [1.807, 2.05) is 23.9 Å². The largest absolute Gasteiger partial charge is 0.497 e. The van der Waals surface area contributed by atoms with Crippen LogP contribution < -0.4 is 10.1 Å². The molecule has 1 aromatic rings.